The average molecular weight is 246 g/mol. The monoisotopic (exact) mass is 246 g/mol. The molecule has 0 aliphatic carbocycles. The first-order chi connectivity index (χ1) is 8.06. The number of amides is 1. The van der Waals surface area contributed by atoms with Crippen molar-refractivity contribution in [3.8, 4) is 0 Å². The third-order valence-electron chi connectivity index (χ3n) is 2.16. The largest absolute Gasteiger partial charge is 0.481 e. The number of nitrogens with one attached hydrogen (secondary N) is 1. The smallest absolute Gasteiger partial charge is 0.304 e. The van der Waals surface area contributed by atoms with Gasteiger partial charge in [-0.05, 0) is 13.0 Å². The van der Waals surface area contributed by atoms with Gasteiger partial charge in [-0.3, -0.25) is 14.4 Å². The molecular weight excluding hydrogens is 228 g/mol. The van der Waals surface area contributed by atoms with E-state index in [-0.39, 0.29) is 12.8 Å². The van der Waals surface area contributed by atoms with Gasteiger partial charge in [0, 0.05) is 19.6 Å². The van der Waals surface area contributed by atoms with Crippen molar-refractivity contribution in [3.63, 3.8) is 0 Å². The Morgan fingerprint density at radius 1 is 1.06 bits per heavy atom. The van der Waals surface area contributed by atoms with Gasteiger partial charge in [0.15, 0.2) is 0 Å². The molecule has 3 N–H and O–H groups in total. The number of hydrogen-bond donors (Lipinski definition) is 3. The molecule has 0 rings (SSSR count). The molecule has 98 valence electrons. The van der Waals surface area contributed by atoms with Gasteiger partial charge in [0.25, 0.3) is 0 Å². The van der Waals surface area contributed by atoms with Gasteiger partial charge < -0.3 is 20.4 Å². The molecule has 0 bridgehead atoms. The second-order valence-corrected chi connectivity index (χ2v) is 3.55. The highest BCUT2D eigenvalue weighted by molar-refractivity contribution is 5.67. The van der Waals surface area contributed by atoms with Gasteiger partial charge >= 0.3 is 11.9 Å². The first kappa shape index (κ1) is 15.4. The minimum Gasteiger partial charge on any atom is -0.481 e. The normalized spacial score (nSPS) is 10.2. The van der Waals surface area contributed by atoms with Crippen LogP contribution in [0.1, 0.15) is 19.3 Å². The molecule has 7 nitrogen and oxygen atoms in total. The molecule has 0 aromatic rings. The highest BCUT2D eigenvalue weighted by atomic mass is 16.4. The summed E-state index contributed by atoms with van der Waals surface area (Å²) < 4.78 is 0. The van der Waals surface area contributed by atoms with Crippen molar-refractivity contribution in [2.45, 2.75) is 19.3 Å². The van der Waals surface area contributed by atoms with Crippen LogP contribution < -0.4 is 5.32 Å². The van der Waals surface area contributed by atoms with Gasteiger partial charge in [0.2, 0.25) is 6.41 Å². The fourth-order valence-corrected chi connectivity index (χ4v) is 1.31. The van der Waals surface area contributed by atoms with Gasteiger partial charge in [-0.25, -0.2) is 0 Å². The number of rotatable bonds is 11. The molecule has 0 aromatic carbocycles. The van der Waals surface area contributed by atoms with E-state index in [4.69, 9.17) is 10.2 Å². The van der Waals surface area contributed by atoms with E-state index >= 15 is 0 Å². The van der Waals surface area contributed by atoms with Crippen LogP contribution in [0, 0.1) is 0 Å². The zero-order chi connectivity index (χ0) is 13.1. The van der Waals surface area contributed by atoms with Crippen molar-refractivity contribution >= 4 is 18.3 Å². The quantitative estimate of drug-likeness (QED) is 0.331. The minimum absolute atomic E-state index is 0.0132. The molecule has 0 fully saturated rings. The summed E-state index contributed by atoms with van der Waals surface area (Å²) in [7, 11) is 0. The maximum absolute atomic E-state index is 10.4. The molecule has 17 heavy (non-hydrogen) atoms. The lowest BCUT2D eigenvalue weighted by Gasteiger charge is -2.20. The molecule has 0 atom stereocenters. The van der Waals surface area contributed by atoms with Crippen LogP contribution in [0.2, 0.25) is 0 Å². The summed E-state index contributed by atoms with van der Waals surface area (Å²) in [6.45, 7) is 1.72. The van der Waals surface area contributed by atoms with E-state index in [1.165, 1.54) is 0 Å². The number of nitrogens with zero attached hydrogens (tertiary/aromatic N) is 1. The third kappa shape index (κ3) is 10.6. The summed E-state index contributed by atoms with van der Waals surface area (Å²) in [5.74, 6) is -1.81. The fraction of sp³-hybridized carbons (Fsp3) is 0.700. The van der Waals surface area contributed by atoms with Crippen LogP contribution in [-0.2, 0) is 14.4 Å². The summed E-state index contributed by atoms with van der Waals surface area (Å²) >= 11 is 0. The molecular formula is C10H18N2O5. The van der Waals surface area contributed by atoms with Crippen LogP contribution >= 0.6 is 0 Å². The molecule has 7 heteroatoms. The molecule has 0 spiro atoms. The van der Waals surface area contributed by atoms with Gasteiger partial charge in [-0.1, -0.05) is 0 Å². The molecule has 0 aliphatic heterocycles. The maximum Gasteiger partial charge on any atom is 0.304 e. The Morgan fingerprint density at radius 3 is 2.00 bits per heavy atom. The minimum atomic E-state index is -0.906. The van der Waals surface area contributed by atoms with Crippen LogP contribution in [0.15, 0.2) is 0 Å². The average Bonchev–Trinajstić information content (AvgIpc) is 2.26. The Labute approximate surface area is 99.4 Å². The Morgan fingerprint density at radius 2 is 1.59 bits per heavy atom. The lowest BCUT2D eigenvalue weighted by Crippen LogP contribution is -2.31. The van der Waals surface area contributed by atoms with Crippen molar-refractivity contribution in [2.24, 2.45) is 0 Å². The molecule has 0 aromatic heterocycles. The highest BCUT2D eigenvalue weighted by Crippen LogP contribution is 1.97. The molecule has 0 saturated carbocycles. The molecule has 0 radical (unpaired) electrons. The second-order valence-electron chi connectivity index (χ2n) is 3.55. The molecule has 0 saturated heterocycles. The summed E-state index contributed by atoms with van der Waals surface area (Å²) in [6.07, 6.45) is 1.23. The topological polar surface area (TPSA) is 107 Å². The van der Waals surface area contributed by atoms with E-state index in [0.717, 1.165) is 0 Å². The molecule has 1 amide bonds. The Kier molecular flexibility index (Phi) is 8.67. The maximum atomic E-state index is 10.4. The SMILES string of the molecule is O=CNCCCN(CCC(=O)O)CCC(=O)O. The van der Waals surface area contributed by atoms with Gasteiger partial charge in [-0.15, -0.1) is 0 Å². The van der Waals surface area contributed by atoms with Crippen LogP contribution in [0.3, 0.4) is 0 Å². The number of aliphatic carboxylic acids is 2. The van der Waals surface area contributed by atoms with E-state index in [9.17, 15) is 14.4 Å². The van der Waals surface area contributed by atoms with Crippen LogP contribution in [-0.4, -0.2) is 59.6 Å². The summed E-state index contributed by atoms with van der Waals surface area (Å²) in [5, 5.41) is 19.6. The van der Waals surface area contributed by atoms with E-state index in [2.05, 4.69) is 5.32 Å². The van der Waals surface area contributed by atoms with Crippen molar-refractivity contribution in [1.82, 2.24) is 10.2 Å². The van der Waals surface area contributed by atoms with Crippen LogP contribution in [0.5, 0.6) is 0 Å². The summed E-state index contributed by atoms with van der Waals surface area (Å²) in [4.78, 5) is 32.6. The zero-order valence-corrected chi connectivity index (χ0v) is 9.59. The fourth-order valence-electron chi connectivity index (χ4n) is 1.31. The van der Waals surface area contributed by atoms with Gasteiger partial charge in [0.1, 0.15) is 0 Å². The van der Waals surface area contributed by atoms with Crippen LogP contribution in [0.4, 0.5) is 0 Å². The number of carbonyl (C=O) groups excluding carboxylic acids is 1. The first-order valence-corrected chi connectivity index (χ1v) is 5.39. The van der Waals surface area contributed by atoms with Gasteiger partial charge in [-0.2, -0.15) is 0 Å². The van der Waals surface area contributed by atoms with Crippen molar-refractivity contribution in [2.75, 3.05) is 26.2 Å². The van der Waals surface area contributed by atoms with E-state index < -0.39 is 11.9 Å². The Balaban J connectivity index is 3.87. The van der Waals surface area contributed by atoms with Crippen molar-refractivity contribution < 1.29 is 24.6 Å². The van der Waals surface area contributed by atoms with Crippen molar-refractivity contribution in [3.05, 3.63) is 0 Å². The van der Waals surface area contributed by atoms with E-state index in [1.807, 2.05) is 0 Å². The molecule has 0 unspecified atom stereocenters. The van der Waals surface area contributed by atoms with Crippen molar-refractivity contribution in [1.29, 1.82) is 0 Å². The van der Waals surface area contributed by atoms with Crippen LogP contribution in [0.25, 0.3) is 0 Å². The summed E-state index contributed by atoms with van der Waals surface area (Å²) in [5.41, 5.74) is 0. The molecule has 0 heterocycles. The van der Waals surface area contributed by atoms with E-state index in [0.29, 0.717) is 39.0 Å². The lowest BCUT2D eigenvalue weighted by atomic mass is 10.3. The number of carbonyl (C=O) groups is 3. The van der Waals surface area contributed by atoms with Gasteiger partial charge in [0.05, 0.1) is 12.8 Å². The number of carboxylic acid groups (broad SMARTS) is 2. The third-order valence-corrected chi connectivity index (χ3v) is 2.16. The standard InChI is InChI=1S/C10H18N2O5/c13-8-11-4-1-5-12(6-2-9(14)15)7-3-10(16)17/h8H,1-7H2,(H,11,13)(H,14,15)(H,16,17). The first-order valence-electron chi connectivity index (χ1n) is 5.39. The second kappa shape index (κ2) is 9.59. The number of hydrogen-bond acceptors (Lipinski definition) is 4. The highest BCUT2D eigenvalue weighted by Gasteiger charge is 2.09. The predicted molar refractivity (Wildman–Crippen MR) is 59.6 cm³/mol. The number of carboxylic acids is 2. The predicted octanol–water partition coefficient (Wildman–Crippen LogP) is -0.626. The Bertz CT molecular complexity index is 239. The zero-order valence-electron chi connectivity index (χ0n) is 9.59. The molecule has 0 aliphatic rings. The van der Waals surface area contributed by atoms with E-state index in [1.54, 1.807) is 4.90 Å². The summed E-state index contributed by atoms with van der Waals surface area (Å²) in [6, 6.07) is 0. The Hall–Kier alpha value is -1.63. The lowest BCUT2D eigenvalue weighted by molar-refractivity contribution is -0.137.